The number of nitrogens with one attached hydrogen (secondary N) is 1. The SMILES string of the molecule is CC(C)(CNC(C)(C)C)COc1cc(Br)ccc1F. The largest absolute Gasteiger partial charge is 0.490 e. The van der Waals surface area contributed by atoms with E-state index in [9.17, 15) is 4.39 Å². The molecule has 0 aliphatic heterocycles. The van der Waals surface area contributed by atoms with Crippen LogP contribution >= 0.6 is 15.9 Å². The van der Waals surface area contributed by atoms with Crippen LogP contribution in [0.1, 0.15) is 34.6 Å². The van der Waals surface area contributed by atoms with E-state index in [-0.39, 0.29) is 16.8 Å². The van der Waals surface area contributed by atoms with Gasteiger partial charge in [0.15, 0.2) is 11.6 Å². The van der Waals surface area contributed by atoms with Crippen molar-refractivity contribution in [3.63, 3.8) is 0 Å². The molecule has 4 heteroatoms. The van der Waals surface area contributed by atoms with Crippen molar-refractivity contribution in [3.05, 3.63) is 28.5 Å². The van der Waals surface area contributed by atoms with Crippen molar-refractivity contribution in [2.75, 3.05) is 13.2 Å². The van der Waals surface area contributed by atoms with Crippen LogP contribution in [0.25, 0.3) is 0 Å². The highest BCUT2D eigenvalue weighted by atomic mass is 79.9. The highest BCUT2D eigenvalue weighted by Gasteiger charge is 2.22. The normalized spacial score (nSPS) is 12.6. The van der Waals surface area contributed by atoms with Crippen molar-refractivity contribution in [2.45, 2.75) is 40.2 Å². The van der Waals surface area contributed by atoms with Crippen LogP contribution in [-0.4, -0.2) is 18.7 Å². The van der Waals surface area contributed by atoms with E-state index in [4.69, 9.17) is 4.74 Å². The van der Waals surface area contributed by atoms with Gasteiger partial charge in [-0.3, -0.25) is 0 Å². The van der Waals surface area contributed by atoms with Crippen molar-refractivity contribution in [1.29, 1.82) is 0 Å². The van der Waals surface area contributed by atoms with E-state index in [1.165, 1.54) is 6.07 Å². The first-order valence-electron chi connectivity index (χ1n) is 6.42. The Labute approximate surface area is 123 Å². The molecule has 0 spiro atoms. The summed E-state index contributed by atoms with van der Waals surface area (Å²) in [6.45, 7) is 11.8. The molecule has 1 N–H and O–H groups in total. The van der Waals surface area contributed by atoms with Crippen LogP contribution in [0.2, 0.25) is 0 Å². The number of halogens is 2. The van der Waals surface area contributed by atoms with Gasteiger partial charge in [0.2, 0.25) is 0 Å². The average molecular weight is 332 g/mol. The van der Waals surface area contributed by atoms with Gasteiger partial charge in [-0.1, -0.05) is 29.8 Å². The van der Waals surface area contributed by atoms with Gasteiger partial charge in [-0.15, -0.1) is 0 Å². The van der Waals surface area contributed by atoms with Crippen molar-refractivity contribution < 1.29 is 9.13 Å². The van der Waals surface area contributed by atoms with Crippen molar-refractivity contribution in [2.24, 2.45) is 5.41 Å². The minimum absolute atomic E-state index is 0.0674. The van der Waals surface area contributed by atoms with Gasteiger partial charge in [0.05, 0.1) is 6.61 Å². The quantitative estimate of drug-likeness (QED) is 0.864. The van der Waals surface area contributed by atoms with E-state index < -0.39 is 0 Å². The highest BCUT2D eigenvalue weighted by molar-refractivity contribution is 9.10. The minimum Gasteiger partial charge on any atom is -0.490 e. The van der Waals surface area contributed by atoms with E-state index in [0.29, 0.717) is 12.4 Å². The van der Waals surface area contributed by atoms with Crippen LogP contribution in [0.15, 0.2) is 22.7 Å². The van der Waals surface area contributed by atoms with E-state index in [1.54, 1.807) is 12.1 Å². The molecule has 0 atom stereocenters. The first kappa shape index (κ1) is 16.4. The van der Waals surface area contributed by atoms with Gasteiger partial charge >= 0.3 is 0 Å². The molecule has 0 unspecified atom stereocenters. The lowest BCUT2D eigenvalue weighted by Gasteiger charge is -2.30. The van der Waals surface area contributed by atoms with Gasteiger partial charge in [-0.25, -0.2) is 4.39 Å². The third kappa shape index (κ3) is 6.39. The molecule has 1 rings (SSSR count). The molecular formula is C15H23BrFNO. The summed E-state index contributed by atoms with van der Waals surface area (Å²) in [5.41, 5.74) is 0.000330. The highest BCUT2D eigenvalue weighted by Crippen LogP contribution is 2.25. The molecule has 2 nitrogen and oxygen atoms in total. The first-order chi connectivity index (χ1) is 8.59. The van der Waals surface area contributed by atoms with Crippen LogP contribution < -0.4 is 10.1 Å². The van der Waals surface area contributed by atoms with Gasteiger partial charge in [-0.2, -0.15) is 0 Å². The maximum absolute atomic E-state index is 13.6. The van der Waals surface area contributed by atoms with Gasteiger partial charge in [0, 0.05) is 22.0 Å². The fourth-order valence-electron chi connectivity index (χ4n) is 1.42. The molecule has 1 aromatic carbocycles. The van der Waals surface area contributed by atoms with Gasteiger partial charge in [0.1, 0.15) is 0 Å². The molecule has 19 heavy (non-hydrogen) atoms. The van der Waals surface area contributed by atoms with Gasteiger partial charge < -0.3 is 10.1 Å². The summed E-state index contributed by atoms with van der Waals surface area (Å²) in [6, 6.07) is 4.72. The Morgan fingerprint density at radius 2 is 1.84 bits per heavy atom. The van der Waals surface area contributed by atoms with Crippen molar-refractivity contribution >= 4 is 15.9 Å². The fraction of sp³-hybridized carbons (Fsp3) is 0.600. The maximum atomic E-state index is 13.6. The van der Waals surface area contributed by atoms with Crippen LogP contribution in [0.4, 0.5) is 4.39 Å². The molecule has 0 aromatic heterocycles. The third-order valence-corrected chi connectivity index (χ3v) is 3.10. The molecule has 0 amide bonds. The van der Waals surface area contributed by atoms with E-state index >= 15 is 0 Å². The molecular weight excluding hydrogens is 309 g/mol. The Morgan fingerprint density at radius 1 is 1.21 bits per heavy atom. The van der Waals surface area contributed by atoms with E-state index in [0.717, 1.165) is 11.0 Å². The zero-order valence-electron chi connectivity index (χ0n) is 12.3. The second-order valence-electron chi connectivity index (χ2n) is 6.63. The lowest BCUT2D eigenvalue weighted by Crippen LogP contribution is -2.43. The molecule has 0 saturated heterocycles. The number of hydrogen-bond donors (Lipinski definition) is 1. The molecule has 0 saturated carbocycles. The molecule has 1 aromatic rings. The summed E-state index contributed by atoms with van der Waals surface area (Å²) < 4.78 is 20.0. The smallest absolute Gasteiger partial charge is 0.165 e. The third-order valence-electron chi connectivity index (χ3n) is 2.61. The molecule has 0 radical (unpaired) electrons. The molecule has 0 fully saturated rings. The average Bonchev–Trinajstić information content (AvgIpc) is 2.27. The standard InChI is InChI=1S/C15H23BrFNO/c1-14(2,3)18-9-15(4,5)10-19-13-8-11(16)6-7-12(13)17/h6-8,18H,9-10H2,1-5H3. The predicted molar refractivity (Wildman–Crippen MR) is 81.1 cm³/mol. The minimum atomic E-state index is -0.331. The number of ether oxygens (including phenoxy) is 1. The monoisotopic (exact) mass is 331 g/mol. The summed E-state index contributed by atoms with van der Waals surface area (Å²) in [7, 11) is 0. The Hall–Kier alpha value is -0.610. The number of rotatable bonds is 5. The zero-order valence-corrected chi connectivity index (χ0v) is 13.9. The summed E-state index contributed by atoms with van der Waals surface area (Å²) in [5, 5.41) is 3.44. The Kier molecular flexibility index (Phi) is 5.39. The molecule has 108 valence electrons. The summed E-state index contributed by atoms with van der Waals surface area (Å²) >= 11 is 3.31. The number of benzene rings is 1. The molecule has 0 heterocycles. The Morgan fingerprint density at radius 3 is 2.42 bits per heavy atom. The van der Waals surface area contributed by atoms with Crippen molar-refractivity contribution in [3.8, 4) is 5.75 Å². The zero-order chi connectivity index (χ0) is 14.7. The molecule has 0 aliphatic carbocycles. The van der Waals surface area contributed by atoms with E-state index in [1.807, 2.05) is 0 Å². The van der Waals surface area contributed by atoms with Crippen molar-refractivity contribution in [1.82, 2.24) is 5.32 Å². The second-order valence-corrected chi connectivity index (χ2v) is 7.55. The van der Waals surface area contributed by atoms with Crippen LogP contribution in [0.3, 0.4) is 0 Å². The maximum Gasteiger partial charge on any atom is 0.165 e. The van der Waals surface area contributed by atoms with E-state index in [2.05, 4.69) is 55.9 Å². The first-order valence-corrected chi connectivity index (χ1v) is 7.21. The molecule has 0 bridgehead atoms. The lowest BCUT2D eigenvalue weighted by molar-refractivity contribution is 0.161. The van der Waals surface area contributed by atoms with Crippen LogP contribution in [0.5, 0.6) is 5.75 Å². The Bertz CT molecular complexity index is 427. The lowest BCUT2D eigenvalue weighted by atomic mass is 9.93. The van der Waals surface area contributed by atoms with Crippen LogP contribution in [-0.2, 0) is 0 Å². The summed E-state index contributed by atoms with van der Waals surface area (Å²) in [4.78, 5) is 0. The topological polar surface area (TPSA) is 21.3 Å². The van der Waals surface area contributed by atoms with Gasteiger partial charge in [-0.05, 0) is 39.0 Å². The molecule has 0 aliphatic rings. The summed E-state index contributed by atoms with van der Waals surface area (Å²) in [5.74, 6) is -0.0408. The Balaban J connectivity index is 2.57. The summed E-state index contributed by atoms with van der Waals surface area (Å²) in [6.07, 6.45) is 0. The fourth-order valence-corrected chi connectivity index (χ4v) is 1.76. The van der Waals surface area contributed by atoms with Gasteiger partial charge in [0.25, 0.3) is 0 Å². The number of hydrogen-bond acceptors (Lipinski definition) is 2. The predicted octanol–water partition coefficient (Wildman–Crippen LogP) is 4.38. The van der Waals surface area contributed by atoms with Crippen LogP contribution in [0, 0.1) is 11.2 Å². The second kappa shape index (κ2) is 6.23.